The van der Waals surface area contributed by atoms with E-state index in [0.717, 1.165) is 36.1 Å². The molecule has 0 atom stereocenters. The fraction of sp³-hybridized carbons (Fsp3) is 0.462. The van der Waals surface area contributed by atoms with Crippen molar-refractivity contribution in [1.82, 2.24) is 4.90 Å². The van der Waals surface area contributed by atoms with Crippen LogP contribution >= 0.6 is 15.9 Å². The number of rotatable bonds is 0. The molecule has 0 saturated carbocycles. The van der Waals surface area contributed by atoms with Gasteiger partial charge in [0.2, 0.25) is 5.91 Å². The summed E-state index contributed by atoms with van der Waals surface area (Å²) in [5.74, 6) is 0.174. The minimum Gasteiger partial charge on any atom is -0.324 e. The maximum absolute atomic E-state index is 12.3. The van der Waals surface area contributed by atoms with Crippen LogP contribution in [-0.4, -0.2) is 30.9 Å². The Morgan fingerprint density at radius 1 is 1.35 bits per heavy atom. The topological polar surface area (TPSA) is 32.3 Å². The molecule has 0 unspecified atom stereocenters. The number of halogens is 1. The van der Waals surface area contributed by atoms with Crippen molar-refractivity contribution < 1.29 is 4.79 Å². The van der Waals surface area contributed by atoms with Crippen LogP contribution in [0.2, 0.25) is 0 Å². The highest BCUT2D eigenvalue weighted by Crippen LogP contribution is 2.47. The fourth-order valence-electron chi connectivity index (χ4n) is 2.90. The van der Waals surface area contributed by atoms with Gasteiger partial charge in [-0.15, -0.1) is 0 Å². The smallest absolute Gasteiger partial charge is 0.235 e. The Kier molecular flexibility index (Phi) is 2.52. The van der Waals surface area contributed by atoms with E-state index in [-0.39, 0.29) is 11.3 Å². The van der Waals surface area contributed by atoms with E-state index in [1.165, 1.54) is 5.56 Å². The van der Waals surface area contributed by atoms with Crippen LogP contribution in [0.4, 0.5) is 5.69 Å². The highest BCUT2D eigenvalue weighted by Gasteiger charge is 2.48. The molecule has 4 heteroatoms. The molecule has 0 bridgehead atoms. The van der Waals surface area contributed by atoms with Gasteiger partial charge in [-0.05, 0) is 60.5 Å². The van der Waals surface area contributed by atoms with Crippen molar-refractivity contribution >= 4 is 27.5 Å². The molecule has 1 amide bonds. The average molecular weight is 295 g/mol. The third kappa shape index (κ3) is 1.54. The number of likely N-dealkylation sites (tertiary alicyclic amines) is 1. The molecule has 1 aromatic carbocycles. The van der Waals surface area contributed by atoms with Crippen LogP contribution in [0.1, 0.15) is 18.4 Å². The molecule has 2 heterocycles. The number of anilines is 1. The van der Waals surface area contributed by atoms with Crippen molar-refractivity contribution in [2.75, 3.05) is 25.5 Å². The Labute approximate surface area is 109 Å². The number of hydrogen-bond donors (Lipinski definition) is 1. The molecule has 90 valence electrons. The second-order valence-corrected chi connectivity index (χ2v) is 5.86. The minimum absolute atomic E-state index is 0.174. The van der Waals surface area contributed by atoms with Gasteiger partial charge in [0, 0.05) is 4.47 Å². The van der Waals surface area contributed by atoms with E-state index < -0.39 is 0 Å². The first-order valence-electron chi connectivity index (χ1n) is 5.92. The highest BCUT2D eigenvalue weighted by molar-refractivity contribution is 9.10. The number of nitrogens with zero attached hydrogens (tertiary/aromatic N) is 1. The number of hydrogen-bond acceptors (Lipinski definition) is 2. The summed E-state index contributed by atoms with van der Waals surface area (Å²) in [5.41, 5.74) is 1.86. The summed E-state index contributed by atoms with van der Waals surface area (Å²) in [6.07, 6.45) is 1.83. The van der Waals surface area contributed by atoms with Crippen LogP contribution in [0.15, 0.2) is 22.7 Å². The van der Waals surface area contributed by atoms with Gasteiger partial charge in [0.25, 0.3) is 0 Å². The molecule has 1 spiro atoms. The summed E-state index contributed by atoms with van der Waals surface area (Å²) in [6, 6.07) is 6.08. The van der Waals surface area contributed by atoms with E-state index >= 15 is 0 Å². The molecule has 3 rings (SSSR count). The molecule has 2 aliphatic heterocycles. The first-order chi connectivity index (χ1) is 8.13. The Balaban J connectivity index is 2.08. The minimum atomic E-state index is -0.286. The van der Waals surface area contributed by atoms with E-state index in [2.05, 4.69) is 39.3 Å². The van der Waals surface area contributed by atoms with Crippen LogP contribution in [-0.2, 0) is 10.2 Å². The molecule has 1 saturated heterocycles. The SMILES string of the molecule is CN1CCC2(CC1)C(=O)Nc1c(Br)cccc12. The molecule has 0 radical (unpaired) electrons. The molecule has 1 fully saturated rings. The van der Waals surface area contributed by atoms with Crippen LogP contribution in [0, 0.1) is 0 Å². The normalized spacial score (nSPS) is 22.6. The number of benzene rings is 1. The maximum Gasteiger partial charge on any atom is 0.235 e. The lowest BCUT2D eigenvalue weighted by Crippen LogP contribution is -2.45. The van der Waals surface area contributed by atoms with Gasteiger partial charge in [-0.3, -0.25) is 4.79 Å². The van der Waals surface area contributed by atoms with Crippen LogP contribution in [0.25, 0.3) is 0 Å². The Morgan fingerprint density at radius 2 is 2.06 bits per heavy atom. The lowest BCUT2D eigenvalue weighted by molar-refractivity contribution is -0.122. The number of carbonyl (C=O) groups excluding carboxylic acids is 1. The average Bonchev–Trinajstić information content (AvgIpc) is 2.59. The first kappa shape index (κ1) is 11.2. The van der Waals surface area contributed by atoms with Gasteiger partial charge in [-0.2, -0.15) is 0 Å². The van der Waals surface area contributed by atoms with Crippen LogP contribution in [0.5, 0.6) is 0 Å². The Morgan fingerprint density at radius 3 is 2.76 bits per heavy atom. The third-order valence-electron chi connectivity index (χ3n) is 4.04. The predicted octanol–water partition coefficient (Wildman–Crippen LogP) is 2.36. The molecule has 17 heavy (non-hydrogen) atoms. The number of nitrogens with one attached hydrogen (secondary N) is 1. The zero-order chi connectivity index (χ0) is 12.0. The van der Waals surface area contributed by atoms with Gasteiger partial charge in [0.05, 0.1) is 11.1 Å². The van der Waals surface area contributed by atoms with Gasteiger partial charge in [-0.25, -0.2) is 0 Å². The van der Waals surface area contributed by atoms with Crippen LogP contribution in [0.3, 0.4) is 0 Å². The molecule has 3 nitrogen and oxygen atoms in total. The van der Waals surface area contributed by atoms with Crippen molar-refractivity contribution in [3.8, 4) is 0 Å². The first-order valence-corrected chi connectivity index (χ1v) is 6.72. The zero-order valence-electron chi connectivity index (χ0n) is 9.79. The molecule has 2 aliphatic rings. The monoisotopic (exact) mass is 294 g/mol. The number of para-hydroxylation sites is 1. The van der Waals surface area contributed by atoms with E-state index in [1.54, 1.807) is 0 Å². The standard InChI is InChI=1S/C13H15BrN2O/c1-16-7-5-13(6-8-16)9-3-2-4-10(14)11(9)15-12(13)17/h2-4H,5-8H2,1H3,(H,15,17). The van der Waals surface area contributed by atoms with Crippen molar-refractivity contribution in [2.24, 2.45) is 0 Å². The Bertz CT molecular complexity index is 478. The van der Waals surface area contributed by atoms with Crippen molar-refractivity contribution in [3.05, 3.63) is 28.2 Å². The molecule has 0 aliphatic carbocycles. The summed E-state index contributed by atoms with van der Waals surface area (Å²) >= 11 is 3.51. The second-order valence-electron chi connectivity index (χ2n) is 5.00. The number of fused-ring (bicyclic) bond motifs is 2. The van der Waals surface area contributed by atoms with Gasteiger partial charge >= 0.3 is 0 Å². The quantitative estimate of drug-likeness (QED) is 0.797. The lowest BCUT2D eigenvalue weighted by atomic mass is 9.74. The zero-order valence-corrected chi connectivity index (χ0v) is 11.4. The predicted molar refractivity (Wildman–Crippen MR) is 71.2 cm³/mol. The highest BCUT2D eigenvalue weighted by atomic mass is 79.9. The third-order valence-corrected chi connectivity index (χ3v) is 4.70. The van der Waals surface area contributed by atoms with Crippen molar-refractivity contribution in [3.63, 3.8) is 0 Å². The van der Waals surface area contributed by atoms with E-state index in [1.807, 2.05) is 12.1 Å². The van der Waals surface area contributed by atoms with E-state index in [9.17, 15) is 4.79 Å². The number of amides is 1. The molecular formula is C13H15BrN2O. The van der Waals surface area contributed by atoms with Crippen molar-refractivity contribution in [1.29, 1.82) is 0 Å². The molecule has 1 N–H and O–H groups in total. The molecule has 0 aromatic heterocycles. The van der Waals surface area contributed by atoms with Crippen molar-refractivity contribution in [2.45, 2.75) is 18.3 Å². The summed E-state index contributed by atoms with van der Waals surface area (Å²) in [4.78, 5) is 14.6. The van der Waals surface area contributed by atoms with Gasteiger partial charge < -0.3 is 10.2 Å². The number of piperidine rings is 1. The summed E-state index contributed by atoms with van der Waals surface area (Å²) < 4.78 is 0.985. The van der Waals surface area contributed by atoms with Gasteiger partial charge in [0.15, 0.2) is 0 Å². The summed E-state index contributed by atoms with van der Waals surface area (Å²) in [7, 11) is 2.11. The summed E-state index contributed by atoms with van der Waals surface area (Å²) in [5, 5.41) is 3.04. The van der Waals surface area contributed by atoms with Crippen LogP contribution < -0.4 is 5.32 Å². The largest absolute Gasteiger partial charge is 0.324 e. The molecular weight excluding hydrogens is 280 g/mol. The number of carbonyl (C=O) groups is 1. The second kappa shape index (κ2) is 3.82. The van der Waals surface area contributed by atoms with Gasteiger partial charge in [-0.1, -0.05) is 12.1 Å². The Hall–Kier alpha value is -0.870. The fourth-order valence-corrected chi connectivity index (χ4v) is 3.37. The lowest BCUT2D eigenvalue weighted by Gasteiger charge is -2.36. The van der Waals surface area contributed by atoms with Gasteiger partial charge in [0.1, 0.15) is 0 Å². The van der Waals surface area contributed by atoms with E-state index in [0.29, 0.717) is 0 Å². The van der Waals surface area contributed by atoms with E-state index in [4.69, 9.17) is 0 Å². The maximum atomic E-state index is 12.3. The molecule has 1 aromatic rings. The summed E-state index contributed by atoms with van der Waals surface area (Å²) in [6.45, 7) is 1.97.